The van der Waals surface area contributed by atoms with Crippen LogP contribution >= 0.6 is 11.6 Å². The first kappa shape index (κ1) is 14.2. The van der Waals surface area contributed by atoms with Gasteiger partial charge in [-0.2, -0.15) is 0 Å². The molecule has 0 amide bonds. The second kappa shape index (κ2) is 8.29. The zero-order valence-corrected chi connectivity index (χ0v) is 11.0. The Morgan fingerprint density at radius 1 is 1.41 bits per heavy atom. The number of hydrogen-bond acceptors (Lipinski definition) is 2. The lowest BCUT2D eigenvalue weighted by Gasteiger charge is -2.13. The van der Waals surface area contributed by atoms with Crippen LogP contribution in [-0.2, 0) is 11.2 Å². The summed E-state index contributed by atoms with van der Waals surface area (Å²) in [6.45, 7) is 7.97. The van der Waals surface area contributed by atoms with Gasteiger partial charge in [-0.15, -0.1) is 6.58 Å². The molecule has 0 aromatic heterocycles. The molecule has 0 radical (unpaired) electrons. The molecule has 1 aromatic carbocycles. The molecule has 17 heavy (non-hydrogen) atoms. The summed E-state index contributed by atoms with van der Waals surface area (Å²) in [5.41, 5.74) is 1.29. The molecule has 0 saturated carbocycles. The third-order valence-electron chi connectivity index (χ3n) is 2.43. The first-order valence-electron chi connectivity index (χ1n) is 5.89. The molecule has 1 aromatic rings. The molecule has 0 aliphatic rings. The quantitative estimate of drug-likeness (QED) is 0.568. The number of halogens is 1. The minimum absolute atomic E-state index is 0.434. The van der Waals surface area contributed by atoms with Crippen molar-refractivity contribution in [2.24, 2.45) is 0 Å². The van der Waals surface area contributed by atoms with Crippen LogP contribution in [0, 0.1) is 0 Å². The molecule has 3 heteroatoms. The summed E-state index contributed by atoms with van der Waals surface area (Å²) in [6.07, 6.45) is 2.76. The summed E-state index contributed by atoms with van der Waals surface area (Å²) in [4.78, 5) is 0. The van der Waals surface area contributed by atoms with Gasteiger partial charge in [-0.3, -0.25) is 0 Å². The van der Waals surface area contributed by atoms with Crippen LogP contribution in [0.1, 0.15) is 12.5 Å². The van der Waals surface area contributed by atoms with E-state index in [1.54, 1.807) is 6.08 Å². The Labute approximate surface area is 109 Å². The van der Waals surface area contributed by atoms with Gasteiger partial charge in [0.1, 0.15) is 0 Å². The summed E-state index contributed by atoms with van der Waals surface area (Å²) in [6, 6.07) is 8.42. The van der Waals surface area contributed by atoms with Crippen LogP contribution < -0.4 is 5.32 Å². The first-order chi connectivity index (χ1) is 8.22. The highest BCUT2D eigenvalue weighted by atomic mass is 35.5. The van der Waals surface area contributed by atoms with E-state index in [1.807, 2.05) is 12.1 Å². The van der Waals surface area contributed by atoms with Gasteiger partial charge in [-0.25, -0.2) is 0 Å². The zero-order chi connectivity index (χ0) is 12.5. The van der Waals surface area contributed by atoms with E-state index >= 15 is 0 Å². The van der Waals surface area contributed by atoms with E-state index in [1.165, 1.54) is 5.56 Å². The Hall–Kier alpha value is -0.830. The van der Waals surface area contributed by atoms with Crippen molar-refractivity contribution in [1.29, 1.82) is 0 Å². The molecule has 0 saturated heterocycles. The number of ether oxygens (including phenoxy) is 1. The summed E-state index contributed by atoms with van der Waals surface area (Å²) >= 11 is 5.84. The maximum Gasteiger partial charge on any atom is 0.0645 e. The predicted molar refractivity (Wildman–Crippen MR) is 73.6 cm³/mol. The SMILES string of the molecule is C=CCOCCNC(C)Cc1ccc(Cl)cc1. The van der Waals surface area contributed by atoms with Crippen molar-refractivity contribution in [1.82, 2.24) is 5.32 Å². The second-order valence-electron chi connectivity index (χ2n) is 4.05. The molecule has 0 heterocycles. The Kier molecular flexibility index (Phi) is 6.94. The Morgan fingerprint density at radius 2 is 2.12 bits per heavy atom. The Morgan fingerprint density at radius 3 is 2.76 bits per heavy atom. The van der Waals surface area contributed by atoms with E-state index in [-0.39, 0.29) is 0 Å². The first-order valence-corrected chi connectivity index (χ1v) is 6.26. The van der Waals surface area contributed by atoms with Crippen molar-refractivity contribution in [3.05, 3.63) is 47.5 Å². The van der Waals surface area contributed by atoms with Gasteiger partial charge in [-0.1, -0.05) is 29.8 Å². The average molecular weight is 254 g/mol. The minimum Gasteiger partial charge on any atom is -0.376 e. The molecule has 0 aliphatic carbocycles. The van der Waals surface area contributed by atoms with Crippen molar-refractivity contribution >= 4 is 11.6 Å². The van der Waals surface area contributed by atoms with Crippen LogP contribution in [-0.4, -0.2) is 25.8 Å². The van der Waals surface area contributed by atoms with Gasteiger partial charge in [0, 0.05) is 17.6 Å². The van der Waals surface area contributed by atoms with Crippen molar-refractivity contribution in [3.8, 4) is 0 Å². The third-order valence-corrected chi connectivity index (χ3v) is 2.68. The maximum atomic E-state index is 5.84. The van der Waals surface area contributed by atoms with Crippen molar-refractivity contribution < 1.29 is 4.74 Å². The van der Waals surface area contributed by atoms with E-state index < -0.39 is 0 Å². The summed E-state index contributed by atoms with van der Waals surface area (Å²) in [5, 5.41) is 4.20. The van der Waals surface area contributed by atoms with Crippen LogP contribution in [0.15, 0.2) is 36.9 Å². The van der Waals surface area contributed by atoms with Crippen LogP contribution in [0.2, 0.25) is 5.02 Å². The van der Waals surface area contributed by atoms with Crippen LogP contribution in [0.3, 0.4) is 0 Å². The number of rotatable bonds is 8. The van der Waals surface area contributed by atoms with Gasteiger partial charge in [0.15, 0.2) is 0 Å². The molecule has 1 unspecified atom stereocenters. The van der Waals surface area contributed by atoms with Crippen LogP contribution in [0.5, 0.6) is 0 Å². The number of nitrogens with one attached hydrogen (secondary N) is 1. The van der Waals surface area contributed by atoms with E-state index in [0.717, 1.165) is 24.6 Å². The topological polar surface area (TPSA) is 21.3 Å². The maximum absolute atomic E-state index is 5.84. The zero-order valence-electron chi connectivity index (χ0n) is 10.3. The van der Waals surface area contributed by atoms with Gasteiger partial charge in [-0.05, 0) is 31.0 Å². The molecular formula is C14H20ClNO. The minimum atomic E-state index is 0.434. The molecule has 0 aliphatic heterocycles. The third kappa shape index (κ3) is 6.47. The molecule has 1 rings (SSSR count). The largest absolute Gasteiger partial charge is 0.376 e. The smallest absolute Gasteiger partial charge is 0.0645 e. The average Bonchev–Trinajstić information content (AvgIpc) is 2.32. The highest BCUT2D eigenvalue weighted by molar-refractivity contribution is 6.30. The molecule has 94 valence electrons. The second-order valence-corrected chi connectivity index (χ2v) is 4.49. The fraction of sp³-hybridized carbons (Fsp3) is 0.429. The van der Waals surface area contributed by atoms with E-state index in [2.05, 4.69) is 31.0 Å². The Bertz CT molecular complexity index is 323. The van der Waals surface area contributed by atoms with Crippen molar-refractivity contribution in [2.45, 2.75) is 19.4 Å². The fourth-order valence-electron chi connectivity index (χ4n) is 1.59. The van der Waals surface area contributed by atoms with E-state index in [0.29, 0.717) is 12.6 Å². The highest BCUT2D eigenvalue weighted by Crippen LogP contribution is 2.10. The summed E-state index contributed by atoms with van der Waals surface area (Å²) in [5.74, 6) is 0. The predicted octanol–water partition coefficient (Wildman–Crippen LogP) is 3.06. The Balaban J connectivity index is 2.18. The lowest BCUT2D eigenvalue weighted by molar-refractivity contribution is 0.161. The highest BCUT2D eigenvalue weighted by Gasteiger charge is 2.02. The van der Waals surface area contributed by atoms with Gasteiger partial charge >= 0.3 is 0 Å². The number of hydrogen-bond donors (Lipinski definition) is 1. The van der Waals surface area contributed by atoms with Crippen molar-refractivity contribution in [3.63, 3.8) is 0 Å². The van der Waals surface area contributed by atoms with E-state index in [9.17, 15) is 0 Å². The molecule has 0 bridgehead atoms. The van der Waals surface area contributed by atoms with Crippen molar-refractivity contribution in [2.75, 3.05) is 19.8 Å². The fourth-order valence-corrected chi connectivity index (χ4v) is 1.72. The summed E-state index contributed by atoms with van der Waals surface area (Å²) < 4.78 is 5.30. The normalized spacial score (nSPS) is 12.4. The standard InChI is InChI=1S/C14H20ClNO/c1-3-9-17-10-8-16-12(2)11-13-4-6-14(15)7-5-13/h3-7,12,16H,1,8-11H2,2H3. The van der Waals surface area contributed by atoms with Gasteiger partial charge in [0.05, 0.1) is 13.2 Å². The lowest BCUT2D eigenvalue weighted by atomic mass is 10.1. The molecule has 2 nitrogen and oxygen atoms in total. The molecule has 1 N–H and O–H groups in total. The molecular weight excluding hydrogens is 234 g/mol. The molecule has 0 fully saturated rings. The monoisotopic (exact) mass is 253 g/mol. The molecule has 1 atom stereocenters. The summed E-state index contributed by atoms with van der Waals surface area (Å²) in [7, 11) is 0. The van der Waals surface area contributed by atoms with Gasteiger partial charge in [0.2, 0.25) is 0 Å². The van der Waals surface area contributed by atoms with Crippen LogP contribution in [0.25, 0.3) is 0 Å². The number of benzene rings is 1. The molecule has 0 spiro atoms. The van der Waals surface area contributed by atoms with E-state index in [4.69, 9.17) is 16.3 Å². The van der Waals surface area contributed by atoms with Gasteiger partial charge in [0.25, 0.3) is 0 Å². The van der Waals surface area contributed by atoms with Crippen LogP contribution in [0.4, 0.5) is 0 Å². The lowest BCUT2D eigenvalue weighted by Crippen LogP contribution is -2.31. The van der Waals surface area contributed by atoms with Gasteiger partial charge < -0.3 is 10.1 Å².